The van der Waals surface area contributed by atoms with E-state index in [1.165, 1.54) is 12.1 Å². The summed E-state index contributed by atoms with van der Waals surface area (Å²) in [5, 5.41) is 22.4. The number of nitro groups is 1. The molecule has 2 aromatic carbocycles. The van der Waals surface area contributed by atoms with E-state index >= 15 is 0 Å². The highest BCUT2D eigenvalue weighted by atomic mass is 16.6. The van der Waals surface area contributed by atoms with Gasteiger partial charge in [-0.1, -0.05) is 43.0 Å². The van der Waals surface area contributed by atoms with Gasteiger partial charge >= 0.3 is 0 Å². The van der Waals surface area contributed by atoms with Crippen molar-refractivity contribution in [1.82, 2.24) is 10.8 Å². The second kappa shape index (κ2) is 8.04. The largest absolute Gasteiger partial charge is 0.373 e. The van der Waals surface area contributed by atoms with Gasteiger partial charge in [-0.05, 0) is 16.7 Å². The number of nitrogens with zero attached hydrogens (tertiary/aromatic N) is 1. The average molecular weight is 342 g/mol. The molecule has 0 heterocycles. The Hall–Kier alpha value is -3.23. The topological polar surface area (TPSA) is 131 Å². The van der Waals surface area contributed by atoms with E-state index in [2.05, 4.69) is 11.9 Å². The number of nitrogens with one attached hydrogen (secondary N) is 2. The molecule has 0 aliphatic carbocycles. The number of nitrogens with two attached hydrogens (primary N) is 1. The molecule has 0 unspecified atom stereocenters. The zero-order valence-electron chi connectivity index (χ0n) is 13.3. The van der Waals surface area contributed by atoms with Crippen LogP contribution in [0.5, 0.6) is 0 Å². The molecule has 2 aromatic rings. The molecule has 2 rings (SSSR count). The first-order valence-corrected chi connectivity index (χ1v) is 7.41. The van der Waals surface area contributed by atoms with Gasteiger partial charge in [0, 0.05) is 24.4 Å². The van der Waals surface area contributed by atoms with Crippen LogP contribution in [0.3, 0.4) is 0 Å². The van der Waals surface area contributed by atoms with Crippen LogP contribution >= 0.6 is 0 Å². The molecule has 0 saturated heterocycles. The van der Waals surface area contributed by atoms with Gasteiger partial charge in [0.15, 0.2) is 0 Å². The maximum absolute atomic E-state index is 11.4. The molecular formula is C17H18N4O4. The normalized spacial score (nSPS) is 11.4. The monoisotopic (exact) mass is 342 g/mol. The van der Waals surface area contributed by atoms with Gasteiger partial charge in [-0.25, -0.2) is 5.48 Å². The molecule has 0 bridgehead atoms. The Morgan fingerprint density at radius 3 is 2.48 bits per heavy atom. The van der Waals surface area contributed by atoms with E-state index in [0.717, 1.165) is 16.7 Å². The van der Waals surface area contributed by atoms with Crippen molar-refractivity contribution in [1.29, 1.82) is 0 Å². The first-order valence-electron chi connectivity index (χ1n) is 7.41. The number of carbonyl (C=O) groups excluding carboxylic acids is 1. The van der Waals surface area contributed by atoms with Crippen LogP contribution in [0.4, 0.5) is 5.69 Å². The molecule has 8 heteroatoms. The quantitative estimate of drug-likeness (QED) is 0.344. The highest BCUT2D eigenvalue weighted by Crippen LogP contribution is 2.25. The predicted molar refractivity (Wildman–Crippen MR) is 93.5 cm³/mol. The van der Waals surface area contributed by atoms with E-state index in [9.17, 15) is 14.9 Å². The standard InChI is InChI=1S/C17H18N4O4/c1-11(19-16(10-18)17(22)20-23)12-5-7-13(8-6-12)14-3-2-4-15(9-14)21(24)25/h2-9,16,19,23H,1,10,18H2,(H,20,22)/t16-/m0/s1. The lowest BCUT2D eigenvalue weighted by Crippen LogP contribution is -2.46. The lowest BCUT2D eigenvalue weighted by Gasteiger charge is -2.18. The third kappa shape index (κ3) is 4.40. The van der Waals surface area contributed by atoms with E-state index in [-0.39, 0.29) is 12.2 Å². The van der Waals surface area contributed by atoms with E-state index in [1.54, 1.807) is 41.9 Å². The highest BCUT2D eigenvalue weighted by Gasteiger charge is 2.16. The molecule has 0 aromatic heterocycles. The van der Waals surface area contributed by atoms with Gasteiger partial charge in [0.1, 0.15) is 6.04 Å². The van der Waals surface area contributed by atoms with Crippen molar-refractivity contribution in [2.45, 2.75) is 6.04 Å². The number of nitro benzene ring substituents is 1. The zero-order chi connectivity index (χ0) is 18.4. The molecule has 1 amide bonds. The Balaban J connectivity index is 2.16. The number of hydrogen-bond acceptors (Lipinski definition) is 6. The summed E-state index contributed by atoms with van der Waals surface area (Å²) in [5.41, 5.74) is 9.76. The fourth-order valence-corrected chi connectivity index (χ4v) is 2.27. The molecule has 0 saturated carbocycles. The Kier molecular flexibility index (Phi) is 5.83. The number of rotatable bonds is 7. The maximum Gasteiger partial charge on any atom is 0.270 e. The summed E-state index contributed by atoms with van der Waals surface area (Å²) in [6.45, 7) is 3.83. The summed E-state index contributed by atoms with van der Waals surface area (Å²) < 4.78 is 0. The summed E-state index contributed by atoms with van der Waals surface area (Å²) in [6.07, 6.45) is 0. The van der Waals surface area contributed by atoms with Crippen LogP contribution in [0.15, 0.2) is 55.1 Å². The van der Waals surface area contributed by atoms with Gasteiger partial charge in [0.2, 0.25) is 0 Å². The number of carbonyl (C=O) groups is 1. The predicted octanol–water partition coefficient (Wildman–Crippen LogP) is 1.65. The molecule has 1 atom stereocenters. The van der Waals surface area contributed by atoms with Crippen molar-refractivity contribution in [3.05, 3.63) is 70.8 Å². The molecule has 8 nitrogen and oxygen atoms in total. The van der Waals surface area contributed by atoms with E-state index in [4.69, 9.17) is 10.9 Å². The number of hydrogen-bond donors (Lipinski definition) is 4. The van der Waals surface area contributed by atoms with Gasteiger partial charge in [-0.2, -0.15) is 0 Å². The van der Waals surface area contributed by atoms with Crippen LogP contribution in [-0.2, 0) is 4.79 Å². The Labute approximate surface area is 144 Å². The second-order valence-corrected chi connectivity index (χ2v) is 5.27. The summed E-state index contributed by atoms with van der Waals surface area (Å²) in [6, 6.07) is 12.7. The molecule has 0 radical (unpaired) electrons. The molecular weight excluding hydrogens is 324 g/mol. The summed E-state index contributed by atoms with van der Waals surface area (Å²) in [7, 11) is 0. The van der Waals surface area contributed by atoms with Gasteiger partial charge in [-0.15, -0.1) is 0 Å². The Morgan fingerprint density at radius 2 is 1.92 bits per heavy atom. The van der Waals surface area contributed by atoms with E-state index in [1.807, 2.05) is 0 Å². The SMILES string of the molecule is C=C(N[C@@H](CN)C(=O)NO)c1ccc(-c2cccc([N+](=O)[O-])c2)cc1. The smallest absolute Gasteiger partial charge is 0.270 e. The van der Waals surface area contributed by atoms with Crippen molar-refractivity contribution in [3.63, 3.8) is 0 Å². The molecule has 0 fully saturated rings. The van der Waals surface area contributed by atoms with E-state index in [0.29, 0.717) is 5.70 Å². The fraction of sp³-hybridized carbons (Fsp3) is 0.118. The minimum absolute atomic E-state index is 0.0167. The number of benzene rings is 2. The molecule has 130 valence electrons. The number of non-ortho nitro benzene ring substituents is 1. The van der Waals surface area contributed by atoms with Gasteiger partial charge in [-0.3, -0.25) is 20.1 Å². The molecule has 0 aliphatic heterocycles. The van der Waals surface area contributed by atoms with Crippen molar-refractivity contribution in [2.24, 2.45) is 5.73 Å². The minimum Gasteiger partial charge on any atom is -0.373 e. The molecule has 0 aliphatic rings. The van der Waals surface area contributed by atoms with Crippen LogP contribution in [0, 0.1) is 10.1 Å². The molecule has 5 N–H and O–H groups in total. The Bertz CT molecular complexity index is 789. The lowest BCUT2D eigenvalue weighted by atomic mass is 10.0. The molecule has 25 heavy (non-hydrogen) atoms. The first-order chi connectivity index (χ1) is 12.0. The molecule has 0 spiro atoms. The number of hydroxylamine groups is 1. The van der Waals surface area contributed by atoms with Crippen LogP contribution in [0.2, 0.25) is 0 Å². The third-order valence-corrected chi connectivity index (χ3v) is 3.63. The third-order valence-electron chi connectivity index (χ3n) is 3.63. The fourth-order valence-electron chi connectivity index (χ4n) is 2.27. The van der Waals surface area contributed by atoms with Crippen molar-refractivity contribution in [3.8, 4) is 11.1 Å². The van der Waals surface area contributed by atoms with Gasteiger partial charge in [0.05, 0.1) is 4.92 Å². The second-order valence-electron chi connectivity index (χ2n) is 5.27. The Morgan fingerprint density at radius 1 is 1.24 bits per heavy atom. The van der Waals surface area contributed by atoms with Crippen molar-refractivity contribution in [2.75, 3.05) is 6.54 Å². The van der Waals surface area contributed by atoms with Crippen LogP contribution < -0.4 is 16.5 Å². The van der Waals surface area contributed by atoms with Crippen LogP contribution in [-0.4, -0.2) is 28.6 Å². The maximum atomic E-state index is 11.4. The van der Waals surface area contributed by atoms with Gasteiger partial charge < -0.3 is 11.1 Å². The minimum atomic E-state index is -0.811. The zero-order valence-corrected chi connectivity index (χ0v) is 13.3. The first kappa shape index (κ1) is 18.1. The lowest BCUT2D eigenvalue weighted by molar-refractivity contribution is -0.384. The summed E-state index contributed by atoms with van der Waals surface area (Å²) >= 11 is 0. The van der Waals surface area contributed by atoms with Crippen LogP contribution in [0.25, 0.3) is 16.8 Å². The van der Waals surface area contributed by atoms with E-state index < -0.39 is 16.9 Å². The summed E-state index contributed by atoms with van der Waals surface area (Å²) in [4.78, 5) is 21.9. The highest BCUT2D eigenvalue weighted by molar-refractivity contribution is 5.83. The van der Waals surface area contributed by atoms with Crippen LogP contribution in [0.1, 0.15) is 5.56 Å². The summed E-state index contributed by atoms with van der Waals surface area (Å²) in [5.74, 6) is -0.656. The number of amides is 1. The van der Waals surface area contributed by atoms with Crippen molar-refractivity contribution >= 4 is 17.3 Å². The van der Waals surface area contributed by atoms with Crippen molar-refractivity contribution < 1.29 is 14.9 Å². The average Bonchev–Trinajstić information content (AvgIpc) is 2.65. The van der Waals surface area contributed by atoms with Gasteiger partial charge in [0.25, 0.3) is 11.6 Å².